The second-order valence-corrected chi connectivity index (χ2v) is 10.8. The van der Waals surface area contributed by atoms with Crippen LogP contribution in [0.3, 0.4) is 0 Å². The van der Waals surface area contributed by atoms with Crippen molar-refractivity contribution in [1.82, 2.24) is 10.2 Å². The molecule has 210 valence electrons. The molecular weight excluding hydrogens is 510 g/mol. The Morgan fingerprint density at radius 2 is 1.63 bits per heavy atom. The molecule has 1 N–H and O–H groups in total. The van der Waals surface area contributed by atoms with Crippen LogP contribution in [0.5, 0.6) is 17.2 Å². The van der Waals surface area contributed by atoms with Crippen molar-refractivity contribution in [3.8, 4) is 17.2 Å². The van der Waals surface area contributed by atoms with Crippen LogP contribution in [0.25, 0.3) is 0 Å². The number of methoxy groups -OCH3 is 3. The van der Waals surface area contributed by atoms with Gasteiger partial charge in [-0.05, 0) is 49.6 Å². The maximum absolute atomic E-state index is 13.8. The van der Waals surface area contributed by atoms with Gasteiger partial charge in [-0.2, -0.15) is 0 Å². The lowest BCUT2D eigenvalue weighted by molar-refractivity contribution is -0.140. The second kappa shape index (κ2) is 13.9. The van der Waals surface area contributed by atoms with Crippen LogP contribution in [0.1, 0.15) is 39.2 Å². The third kappa shape index (κ3) is 8.01. The standard InChI is InChI=1S/C27H39N3O7S/c1-8-19(3)28-27(32)23(9-2)29(17-20-11-10-12-22(15-20)35-4)26(31)18-30(38(7,33)34)21-13-14-24(36-5)25(16-21)37-6/h10-16,19,23H,8-9,17-18H2,1-7H3,(H,28,32). The van der Waals surface area contributed by atoms with Crippen LogP contribution in [0.2, 0.25) is 0 Å². The van der Waals surface area contributed by atoms with E-state index in [9.17, 15) is 18.0 Å². The van der Waals surface area contributed by atoms with Crippen molar-refractivity contribution >= 4 is 27.5 Å². The molecule has 2 aromatic carbocycles. The van der Waals surface area contributed by atoms with Gasteiger partial charge in [-0.3, -0.25) is 13.9 Å². The predicted octanol–water partition coefficient (Wildman–Crippen LogP) is 3.20. The van der Waals surface area contributed by atoms with Crippen molar-refractivity contribution in [2.24, 2.45) is 0 Å². The second-order valence-electron chi connectivity index (χ2n) is 8.92. The molecule has 0 saturated heterocycles. The van der Waals surface area contributed by atoms with Gasteiger partial charge in [0.05, 0.1) is 33.3 Å². The number of ether oxygens (including phenoxy) is 3. The van der Waals surface area contributed by atoms with Gasteiger partial charge >= 0.3 is 0 Å². The number of rotatable bonds is 14. The van der Waals surface area contributed by atoms with Crippen molar-refractivity contribution in [2.75, 3.05) is 38.4 Å². The number of hydrogen-bond acceptors (Lipinski definition) is 7. The van der Waals surface area contributed by atoms with Crippen molar-refractivity contribution in [1.29, 1.82) is 0 Å². The largest absolute Gasteiger partial charge is 0.497 e. The van der Waals surface area contributed by atoms with Crippen LogP contribution in [0.15, 0.2) is 42.5 Å². The fourth-order valence-corrected chi connectivity index (χ4v) is 4.76. The average Bonchev–Trinajstić information content (AvgIpc) is 2.90. The van der Waals surface area contributed by atoms with E-state index in [1.807, 2.05) is 26.8 Å². The minimum absolute atomic E-state index is 0.0791. The number of benzene rings is 2. The van der Waals surface area contributed by atoms with Gasteiger partial charge in [-0.1, -0.05) is 26.0 Å². The molecular formula is C27H39N3O7S. The highest BCUT2D eigenvalue weighted by atomic mass is 32.2. The van der Waals surface area contributed by atoms with Crippen LogP contribution in [0.4, 0.5) is 5.69 Å². The fraction of sp³-hybridized carbons (Fsp3) is 0.481. The van der Waals surface area contributed by atoms with Gasteiger partial charge in [0.2, 0.25) is 21.8 Å². The van der Waals surface area contributed by atoms with Gasteiger partial charge < -0.3 is 24.4 Å². The van der Waals surface area contributed by atoms with Gasteiger partial charge in [0, 0.05) is 18.7 Å². The number of amides is 2. The maximum atomic E-state index is 13.8. The van der Waals surface area contributed by atoms with Gasteiger partial charge in [0.1, 0.15) is 18.3 Å². The highest BCUT2D eigenvalue weighted by molar-refractivity contribution is 7.92. The third-order valence-electron chi connectivity index (χ3n) is 6.21. The highest BCUT2D eigenvalue weighted by Gasteiger charge is 2.32. The Hall–Kier alpha value is -3.47. The molecule has 0 radical (unpaired) electrons. The molecule has 38 heavy (non-hydrogen) atoms. The van der Waals surface area contributed by atoms with Crippen LogP contribution < -0.4 is 23.8 Å². The topological polar surface area (TPSA) is 114 Å². The van der Waals surface area contributed by atoms with Crippen LogP contribution >= 0.6 is 0 Å². The zero-order valence-electron chi connectivity index (χ0n) is 23.2. The lowest BCUT2D eigenvalue weighted by Gasteiger charge is -2.33. The monoisotopic (exact) mass is 549 g/mol. The Kier molecular flexibility index (Phi) is 11.2. The maximum Gasteiger partial charge on any atom is 0.244 e. The predicted molar refractivity (Wildman–Crippen MR) is 147 cm³/mol. The summed E-state index contributed by atoms with van der Waals surface area (Å²) in [6.45, 7) is 5.24. The zero-order chi connectivity index (χ0) is 28.5. The zero-order valence-corrected chi connectivity index (χ0v) is 24.0. The van der Waals surface area contributed by atoms with E-state index in [-0.39, 0.29) is 24.2 Å². The number of hydrogen-bond donors (Lipinski definition) is 1. The summed E-state index contributed by atoms with van der Waals surface area (Å²) < 4.78 is 42.5. The first-order valence-electron chi connectivity index (χ1n) is 12.4. The molecule has 10 nitrogen and oxygen atoms in total. The first-order chi connectivity index (χ1) is 18.0. The SMILES string of the molecule is CCC(C)NC(=O)C(CC)N(Cc1cccc(OC)c1)C(=O)CN(c1ccc(OC)c(OC)c1)S(C)(=O)=O. The Balaban J connectivity index is 2.50. The summed E-state index contributed by atoms with van der Waals surface area (Å²) in [5, 5.41) is 2.95. The molecule has 2 aromatic rings. The van der Waals surface area contributed by atoms with E-state index in [4.69, 9.17) is 14.2 Å². The van der Waals surface area contributed by atoms with Gasteiger partial charge in [0.15, 0.2) is 11.5 Å². The molecule has 0 fully saturated rings. The number of carbonyl (C=O) groups is 2. The molecule has 0 bridgehead atoms. The summed E-state index contributed by atoms with van der Waals surface area (Å²) in [5.41, 5.74) is 0.974. The Labute approximate surface area is 225 Å². The van der Waals surface area contributed by atoms with E-state index in [1.165, 1.54) is 31.3 Å². The van der Waals surface area contributed by atoms with Crippen molar-refractivity contribution in [3.05, 3.63) is 48.0 Å². The highest BCUT2D eigenvalue weighted by Crippen LogP contribution is 2.32. The lowest BCUT2D eigenvalue weighted by Crippen LogP contribution is -2.53. The molecule has 0 aromatic heterocycles. The summed E-state index contributed by atoms with van der Waals surface area (Å²) >= 11 is 0. The van der Waals surface area contributed by atoms with E-state index in [0.29, 0.717) is 23.7 Å². The summed E-state index contributed by atoms with van der Waals surface area (Å²) in [7, 11) is 0.577. The van der Waals surface area contributed by atoms with Crippen LogP contribution in [-0.2, 0) is 26.2 Å². The number of nitrogens with one attached hydrogen (secondary N) is 1. The van der Waals surface area contributed by atoms with E-state index in [2.05, 4.69) is 5.32 Å². The van der Waals surface area contributed by atoms with Crippen LogP contribution in [-0.4, -0.2) is 71.3 Å². The first kappa shape index (κ1) is 30.8. The normalized spacial score (nSPS) is 12.7. The molecule has 11 heteroatoms. The number of nitrogens with zero attached hydrogens (tertiary/aromatic N) is 2. The van der Waals surface area contributed by atoms with Crippen molar-refractivity contribution in [2.45, 2.75) is 52.2 Å². The van der Waals surface area contributed by atoms with E-state index < -0.39 is 28.5 Å². The first-order valence-corrected chi connectivity index (χ1v) is 14.3. The van der Waals surface area contributed by atoms with Gasteiger partial charge in [-0.15, -0.1) is 0 Å². The minimum atomic E-state index is -3.88. The molecule has 2 rings (SSSR count). The van der Waals surface area contributed by atoms with Gasteiger partial charge in [-0.25, -0.2) is 8.42 Å². The Morgan fingerprint density at radius 3 is 2.18 bits per heavy atom. The fourth-order valence-electron chi connectivity index (χ4n) is 3.92. The van der Waals surface area contributed by atoms with E-state index in [0.717, 1.165) is 22.5 Å². The van der Waals surface area contributed by atoms with Gasteiger partial charge in [0.25, 0.3) is 0 Å². The number of sulfonamides is 1. The molecule has 2 amide bonds. The molecule has 2 unspecified atom stereocenters. The smallest absolute Gasteiger partial charge is 0.244 e. The quantitative estimate of drug-likeness (QED) is 0.385. The molecule has 0 aliphatic heterocycles. The lowest BCUT2D eigenvalue weighted by atomic mass is 10.1. The summed E-state index contributed by atoms with van der Waals surface area (Å²) in [6, 6.07) is 10.9. The summed E-state index contributed by atoms with van der Waals surface area (Å²) in [5.74, 6) is 0.520. The summed E-state index contributed by atoms with van der Waals surface area (Å²) in [4.78, 5) is 28.5. The number of carbonyl (C=O) groups excluding carboxylic acids is 2. The number of anilines is 1. The Morgan fingerprint density at radius 1 is 0.947 bits per heavy atom. The third-order valence-corrected chi connectivity index (χ3v) is 7.35. The molecule has 0 spiro atoms. The Bertz CT molecular complexity index is 1200. The molecule has 2 atom stereocenters. The minimum Gasteiger partial charge on any atom is -0.497 e. The summed E-state index contributed by atoms with van der Waals surface area (Å²) in [6.07, 6.45) is 2.09. The molecule has 0 aliphatic rings. The van der Waals surface area contributed by atoms with E-state index >= 15 is 0 Å². The molecule has 0 aliphatic carbocycles. The molecule has 0 saturated carbocycles. The van der Waals surface area contributed by atoms with Crippen molar-refractivity contribution < 1.29 is 32.2 Å². The van der Waals surface area contributed by atoms with Crippen molar-refractivity contribution in [3.63, 3.8) is 0 Å². The van der Waals surface area contributed by atoms with E-state index in [1.54, 1.807) is 31.4 Å². The average molecular weight is 550 g/mol. The molecule has 0 heterocycles. The van der Waals surface area contributed by atoms with Crippen LogP contribution in [0, 0.1) is 0 Å².